The van der Waals surface area contributed by atoms with Crippen LogP contribution in [0.25, 0.3) is 11.3 Å². The third-order valence-electron chi connectivity index (χ3n) is 4.37. The quantitative estimate of drug-likeness (QED) is 0.793. The number of pyridine rings is 1. The molecule has 0 amide bonds. The first-order valence-electron chi connectivity index (χ1n) is 7.26. The van der Waals surface area contributed by atoms with E-state index in [-0.39, 0.29) is 18.3 Å². The normalized spacial score (nSPS) is 19.7. The van der Waals surface area contributed by atoms with Gasteiger partial charge in [0.15, 0.2) is 0 Å². The fraction of sp³-hybridized carbons (Fsp3) is 0.353. The lowest BCUT2D eigenvalue weighted by Gasteiger charge is -2.32. The van der Waals surface area contributed by atoms with Crippen LogP contribution in [0.1, 0.15) is 27.7 Å². The van der Waals surface area contributed by atoms with Crippen LogP contribution in [-0.2, 0) is 9.31 Å². The Labute approximate surface area is 126 Å². The van der Waals surface area contributed by atoms with Crippen molar-refractivity contribution in [1.29, 1.82) is 0 Å². The fourth-order valence-electron chi connectivity index (χ4n) is 2.36. The second-order valence-electron chi connectivity index (χ2n) is 6.43. The first-order valence-corrected chi connectivity index (χ1v) is 7.26. The van der Waals surface area contributed by atoms with Gasteiger partial charge in [-0.2, -0.15) is 0 Å². The van der Waals surface area contributed by atoms with E-state index in [1.807, 2.05) is 30.3 Å². The van der Waals surface area contributed by atoms with Gasteiger partial charge in [0.1, 0.15) is 0 Å². The molecule has 108 valence electrons. The van der Waals surface area contributed by atoms with E-state index in [0.29, 0.717) is 0 Å². The van der Waals surface area contributed by atoms with Gasteiger partial charge in [0.2, 0.25) is 0 Å². The molecule has 2 heterocycles. The lowest BCUT2D eigenvalue weighted by Crippen LogP contribution is -2.41. The molecule has 0 saturated carbocycles. The molecule has 3 rings (SSSR count). The molecule has 0 N–H and O–H groups in total. The van der Waals surface area contributed by atoms with Gasteiger partial charge in [0, 0.05) is 6.20 Å². The smallest absolute Gasteiger partial charge is 0.399 e. The van der Waals surface area contributed by atoms with Crippen molar-refractivity contribution in [3.63, 3.8) is 0 Å². The van der Waals surface area contributed by atoms with Crippen molar-refractivity contribution < 1.29 is 9.31 Å². The molecule has 4 heteroatoms. The molecule has 1 aromatic heterocycles. The fourth-order valence-corrected chi connectivity index (χ4v) is 2.36. The summed E-state index contributed by atoms with van der Waals surface area (Å²) in [5.41, 5.74) is 2.41. The van der Waals surface area contributed by atoms with Gasteiger partial charge in [0.25, 0.3) is 0 Å². The average Bonchev–Trinajstić information content (AvgIpc) is 2.69. The molecule has 0 radical (unpaired) electrons. The third kappa shape index (κ3) is 2.61. The molecule has 0 aliphatic carbocycles. The Morgan fingerprint density at radius 3 is 2.24 bits per heavy atom. The van der Waals surface area contributed by atoms with E-state index in [4.69, 9.17) is 9.31 Å². The summed E-state index contributed by atoms with van der Waals surface area (Å²) in [7, 11) is -0.335. The summed E-state index contributed by atoms with van der Waals surface area (Å²) in [6.07, 6.45) is 1.80. The van der Waals surface area contributed by atoms with Gasteiger partial charge in [0.05, 0.1) is 16.9 Å². The highest BCUT2D eigenvalue weighted by molar-refractivity contribution is 6.62. The lowest BCUT2D eigenvalue weighted by molar-refractivity contribution is 0.00578. The molecule has 0 spiro atoms. The minimum absolute atomic E-state index is 0.321. The Morgan fingerprint density at radius 1 is 0.905 bits per heavy atom. The second-order valence-corrected chi connectivity index (χ2v) is 6.43. The zero-order valence-corrected chi connectivity index (χ0v) is 13.0. The van der Waals surface area contributed by atoms with Crippen molar-refractivity contribution in [1.82, 2.24) is 4.98 Å². The number of aromatic nitrogens is 1. The van der Waals surface area contributed by atoms with Crippen molar-refractivity contribution in [2.45, 2.75) is 38.9 Å². The average molecular weight is 281 g/mol. The van der Waals surface area contributed by atoms with E-state index in [1.165, 1.54) is 0 Å². The Morgan fingerprint density at radius 2 is 1.62 bits per heavy atom. The molecule has 0 atom stereocenters. The summed E-state index contributed by atoms with van der Waals surface area (Å²) in [4.78, 5) is 4.39. The van der Waals surface area contributed by atoms with E-state index in [2.05, 4.69) is 44.8 Å². The predicted molar refractivity (Wildman–Crippen MR) is 85.4 cm³/mol. The first-order chi connectivity index (χ1) is 9.89. The maximum atomic E-state index is 6.10. The van der Waals surface area contributed by atoms with Gasteiger partial charge in [-0.25, -0.2) is 0 Å². The highest BCUT2D eigenvalue weighted by atomic mass is 16.7. The number of hydrogen-bond acceptors (Lipinski definition) is 3. The molecular weight excluding hydrogens is 261 g/mol. The van der Waals surface area contributed by atoms with E-state index in [9.17, 15) is 0 Å². The number of nitrogens with zero attached hydrogens (tertiary/aromatic N) is 1. The summed E-state index contributed by atoms with van der Waals surface area (Å²) in [5, 5.41) is 0. The van der Waals surface area contributed by atoms with Gasteiger partial charge < -0.3 is 9.31 Å². The molecular formula is C17H20BNO2. The minimum atomic E-state index is -0.335. The maximum Gasteiger partial charge on any atom is 0.494 e. The van der Waals surface area contributed by atoms with Gasteiger partial charge in [-0.15, -0.1) is 0 Å². The molecule has 1 fully saturated rings. The van der Waals surface area contributed by atoms with Crippen molar-refractivity contribution in [2.24, 2.45) is 0 Å². The van der Waals surface area contributed by atoms with Crippen LogP contribution >= 0.6 is 0 Å². The topological polar surface area (TPSA) is 31.4 Å². The van der Waals surface area contributed by atoms with Gasteiger partial charge in [-0.3, -0.25) is 4.98 Å². The van der Waals surface area contributed by atoms with Crippen molar-refractivity contribution in [3.8, 4) is 11.3 Å². The molecule has 3 nitrogen and oxygen atoms in total. The van der Waals surface area contributed by atoms with Crippen molar-refractivity contribution in [2.75, 3.05) is 0 Å². The summed E-state index contributed by atoms with van der Waals surface area (Å²) in [6, 6.07) is 14.1. The zero-order valence-electron chi connectivity index (χ0n) is 13.0. The number of benzene rings is 1. The zero-order chi connectivity index (χ0) is 15.1. The molecule has 0 bridgehead atoms. The summed E-state index contributed by atoms with van der Waals surface area (Å²) in [6.45, 7) is 8.26. The SMILES string of the molecule is CC1(C)OB(c2cccc(-c3ccccn3)c2)OC1(C)C. The first kappa shape index (κ1) is 14.3. The minimum Gasteiger partial charge on any atom is -0.399 e. The molecule has 1 aromatic carbocycles. The van der Waals surface area contributed by atoms with Gasteiger partial charge in [-0.05, 0) is 50.9 Å². The van der Waals surface area contributed by atoms with E-state index < -0.39 is 0 Å². The molecule has 1 aliphatic rings. The van der Waals surface area contributed by atoms with Crippen LogP contribution in [0.15, 0.2) is 48.7 Å². The monoisotopic (exact) mass is 281 g/mol. The van der Waals surface area contributed by atoms with E-state index in [1.54, 1.807) is 6.20 Å². The Kier molecular flexibility index (Phi) is 3.38. The van der Waals surface area contributed by atoms with Crippen LogP contribution in [0.2, 0.25) is 0 Å². The Balaban J connectivity index is 1.92. The Hall–Kier alpha value is -1.65. The van der Waals surface area contributed by atoms with Crippen LogP contribution in [0.4, 0.5) is 0 Å². The third-order valence-corrected chi connectivity index (χ3v) is 4.37. The Bertz CT molecular complexity index is 624. The van der Waals surface area contributed by atoms with Crippen LogP contribution in [0.5, 0.6) is 0 Å². The number of hydrogen-bond donors (Lipinski definition) is 0. The maximum absolute atomic E-state index is 6.10. The molecule has 21 heavy (non-hydrogen) atoms. The van der Waals surface area contributed by atoms with Crippen molar-refractivity contribution >= 4 is 12.6 Å². The lowest BCUT2D eigenvalue weighted by atomic mass is 9.78. The largest absolute Gasteiger partial charge is 0.494 e. The highest BCUT2D eigenvalue weighted by Gasteiger charge is 2.51. The standard InChI is InChI=1S/C17H20BNO2/c1-16(2)17(3,4)21-18(20-16)14-9-7-8-13(12-14)15-10-5-6-11-19-15/h5-12H,1-4H3. The van der Waals surface area contributed by atoms with E-state index >= 15 is 0 Å². The molecule has 2 aromatic rings. The van der Waals surface area contributed by atoms with Crippen LogP contribution < -0.4 is 5.46 Å². The van der Waals surface area contributed by atoms with Crippen LogP contribution in [0, 0.1) is 0 Å². The number of rotatable bonds is 2. The summed E-state index contributed by atoms with van der Waals surface area (Å²) in [5.74, 6) is 0. The van der Waals surface area contributed by atoms with Crippen LogP contribution in [0.3, 0.4) is 0 Å². The highest BCUT2D eigenvalue weighted by Crippen LogP contribution is 2.36. The van der Waals surface area contributed by atoms with Crippen LogP contribution in [-0.4, -0.2) is 23.3 Å². The summed E-state index contributed by atoms with van der Waals surface area (Å²) < 4.78 is 12.2. The predicted octanol–water partition coefficient (Wildman–Crippen LogP) is 3.05. The van der Waals surface area contributed by atoms with Gasteiger partial charge in [-0.1, -0.05) is 30.3 Å². The van der Waals surface area contributed by atoms with E-state index in [0.717, 1.165) is 16.7 Å². The summed E-state index contributed by atoms with van der Waals surface area (Å²) >= 11 is 0. The van der Waals surface area contributed by atoms with Gasteiger partial charge >= 0.3 is 7.12 Å². The molecule has 1 aliphatic heterocycles. The second kappa shape index (κ2) is 4.97. The molecule has 1 saturated heterocycles. The molecule has 0 unspecified atom stereocenters. The van der Waals surface area contributed by atoms with Crippen molar-refractivity contribution in [3.05, 3.63) is 48.7 Å².